The Balaban J connectivity index is 1.55. The number of benzene rings is 2. The minimum atomic E-state index is -4.61. The number of ether oxygens (including phenoxy) is 2. The molecule has 0 spiro atoms. The van der Waals surface area contributed by atoms with E-state index >= 15 is 0 Å². The van der Waals surface area contributed by atoms with Gasteiger partial charge in [0.2, 0.25) is 5.95 Å². The first-order valence-corrected chi connectivity index (χ1v) is 10.9. The summed E-state index contributed by atoms with van der Waals surface area (Å²) in [4.78, 5) is 7.95. The van der Waals surface area contributed by atoms with Gasteiger partial charge in [0.15, 0.2) is 0 Å². The molecule has 0 atom stereocenters. The lowest BCUT2D eigenvalue weighted by molar-refractivity contribution is -0.137. The molecule has 1 fully saturated rings. The van der Waals surface area contributed by atoms with Crippen molar-refractivity contribution in [2.24, 2.45) is 0 Å². The Morgan fingerprint density at radius 2 is 1.73 bits per heavy atom. The Kier molecular flexibility index (Phi) is 6.86. The van der Waals surface area contributed by atoms with Gasteiger partial charge in [-0.05, 0) is 69.0 Å². The summed E-state index contributed by atoms with van der Waals surface area (Å²) in [5, 5.41) is 5.71. The Bertz CT molecular complexity index is 1070. The van der Waals surface area contributed by atoms with Crippen LogP contribution in [0.5, 0.6) is 11.5 Å². The zero-order chi connectivity index (χ0) is 23.3. The highest BCUT2D eigenvalue weighted by Gasteiger charge is 2.35. The summed E-state index contributed by atoms with van der Waals surface area (Å²) in [5.41, 5.74) is 0.111. The van der Waals surface area contributed by atoms with E-state index in [2.05, 4.69) is 20.6 Å². The van der Waals surface area contributed by atoms with Crippen molar-refractivity contribution < 1.29 is 22.6 Å². The lowest BCUT2D eigenvalue weighted by Gasteiger charge is -2.17. The quantitative estimate of drug-likeness (QED) is 0.391. The standard InChI is InChI=1S/C24H25F3N4O2/c1-2-32-18-12-10-16(11-13-18)30-23-28-15-21(24(25,26)27)22(31-23)29-17-6-5-9-20(14-17)33-19-7-3-4-8-19/h5-6,9-15,19H,2-4,7-8H2,1H3,(H2,28,29,30,31). The van der Waals surface area contributed by atoms with E-state index in [0.29, 0.717) is 29.5 Å². The summed E-state index contributed by atoms with van der Waals surface area (Å²) in [7, 11) is 0. The maximum atomic E-state index is 13.6. The van der Waals surface area contributed by atoms with E-state index in [-0.39, 0.29) is 17.9 Å². The molecule has 1 heterocycles. The van der Waals surface area contributed by atoms with Gasteiger partial charge >= 0.3 is 6.18 Å². The highest BCUT2D eigenvalue weighted by molar-refractivity contribution is 5.64. The van der Waals surface area contributed by atoms with Crippen LogP contribution in [0.2, 0.25) is 0 Å². The van der Waals surface area contributed by atoms with Crippen molar-refractivity contribution in [3.63, 3.8) is 0 Å². The van der Waals surface area contributed by atoms with Gasteiger partial charge in [-0.25, -0.2) is 4.98 Å². The molecule has 0 unspecified atom stereocenters. The molecule has 174 valence electrons. The van der Waals surface area contributed by atoms with Gasteiger partial charge in [0.1, 0.15) is 22.9 Å². The fourth-order valence-corrected chi connectivity index (χ4v) is 3.66. The number of hydrogen-bond acceptors (Lipinski definition) is 6. The molecule has 0 bridgehead atoms. The first kappa shape index (κ1) is 22.7. The average Bonchev–Trinajstić information content (AvgIpc) is 3.28. The van der Waals surface area contributed by atoms with Crippen LogP contribution >= 0.6 is 0 Å². The second-order valence-electron chi connectivity index (χ2n) is 7.71. The molecule has 4 rings (SSSR count). The second-order valence-corrected chi connectivity index (χ2v) is 7.71. The molecule has 1 aliphatic carbocycles. The number of rotatable bonds is 8. The van der Waals surface area contributed by atoms with Crippen LogP contribution < -0.4 is 20.1 Å². The maximum absolute atomic E-state index is 13.6. The first-order valence-electron chi connectivity index (χ1n) is 10.9. The Hall–Kier alpha value is -3.49. The molecule has 6 nitrogen and oxygen atoms in total. The molecule has 1 aromatic heterocycles. The Morgan fingerprint density at radius 1 is 0.970 bits per heavy atom. The molecule has 2 N–H and O–H groups in total. The van der Waals surface area contributed by atoms with E-state index in [1.165, 1.54) is 0 Å². The normalized spacial score (nSPS) is 14.2. The predicted octanol–water partition coefficient (Wildman–Crippen LogP) is 6.70. The SMILES string of the molecule is CCOc1ccc(Nc2ncc(C(F)(F)F)c(Nc3cccc(OC4CCCC4)c3)n2)cc1. The van der Waals surface area contributed by atoms with Crippen molar-refractivity contribution in [3.8, 4) is 11.5 Å². The van der Waals surface area contributed by atoms with E-state index in [1.54, 1.807) is 48.5 Å². The second kappa shape index (κ2) is 9.97. The van der Waals surface area contributed by atoms with E-state index in [1.807, 2.05) is 6.92 Å². The topological polar surface area (TPSA) is 68.3 Å². The molecule has 0 saturated heterocycles. The molecule has 2 aromatic carbocycles. The van der Waals surface area contributed by atoms with Crippen molar-refractivity contribution in [3.05, 3.63) is 60.3 Å². The van der Waals surface area contributed by atoms with Crippen molar-refractivity contribution in [2.45, 2.75) is 44.9 Å². The first-order chi connectivity index (χ1) is 15.9. The van der Waals surface area contributed by atoms with Crippen LogP contribution in [0.25, 0.3) is 0 Å². The predicted molar refractivity (Wildman–Crippen MR) is 121 cm³/mol. The summed E-state index contributed by atoms with van der Waals surface area (Å²) in [6.45, 7) is 2.42. The fraction of sp³-hybridized carbons (Fsp3) is 0.333. The zero-order valence-corrected chi connectivity index (χ0v) is 18.2. The monoisotopic (exact) mass is 458 g/mol. The van der Waals surface area contributed by atoms with Crippen LogP contribution in [0.3, 0.4) is 0 Å². The van der Waals surface area contributed by atoms with Crippen molar-refractivity contribution in [1.82, 2.24) is 9.97 Å². The minimum absolute atomic E-state index is 0.0352. The van der Waals surface area contributed by atoms with E-state index < -0.39 is 11.7 Å². The van der Waals surface area contributed by atoms with Gasteiger partial charge < -0.3 is 20.1 Å². The van der Waals surface area contributed by atoms with Crippen LogP contribution in [0.1, 0.15) is 38.2 Å². The molecular weight excluding hydrogens is 433 g/mol. The van der Waals surface area contributed by atoms with Crippen LogP contribution in [0.4, 0.5) is 36.3 Å². The summed E-state index contributed by atoms with van der Waals surface area (Å²) in [5.74, 6) is 0.998. The summed E-state index contributed by atoms with van der Waals surface area (Å²) >= 11 is 0. The number of alkyl halides is 3. The van der Waals surface area contributed by atoms with Crippen LogP contribution in [0.15, 0.2) is 54.7 Å². The summed E-state index contributed by atoms with van der Waals surface area (Å²) < 4.78 is 52.2. The van der Waals surface area contributed by atoms with Gasteiger partial charge in [-0.2, -0.15) is 18.2 Å². The highest BCUT2D eigenvalue weighted by Crippen LogP contribution is 2.36. The number of anilines is 4. The van der Waals surface area contributed by atoms with Crippen molar-refractivity contribution >= 4 is 23.1 Å². The molecule has 0 radical (unpaired) electrons. The minimum Gasteiger partial charge on any atom is -0.494 e. The van der Waals surface area contributed by atoms with Crippen LogP contribution in [-0.2, 0) is 6.18 Å². The van der Waals surface area contributed by atoms with Gasteiger partial charge in [-0.3, -0.25) is 0 Å². The van der Waals surface area contributed by atoms with Crippen molar-refractivity contribution in [1.29, 1.82) is 0 Å². The van der Waals surface area contributed by atoms with E-state index in [0.717, 1.165) is 31.9 Å². The number of aromatic nitrogens is 2. The number of nitrogens with zero attached hydrogens (tertiary/aromatic N) is 2. The highest BCUT2D eigenvalue weighted by atomic mass is 19.4. The molecule has 9 heteroatoms. The van der Waals surface area contributed by atoms with Crippen molar-refractivity contribution in [2.75, 3.05) is 17.2 Å². The van der Waals surface area contributed by atoms with Crippen LogP contribution in [0, 0.1) is 0 Å². The molecular formula is C24H25F3N4O2. The van der Waals surface area contributed by atoms with Gasteiger partial charge in [0.05, 0.1) is 12.7 Å². The molecule has 3 aromatic rings. The molecule has 0 amide bonds. The number of halogens is 3. The van der Waals surface area contributed by atoms with Gasteiger partial charge in [0.25, 0.3) is 0 Å². The van der Waals surface area contributed by atoms with E-state index in [4.69, 9.17) is 9.47 Å². The maximum Gasteiger partial charge on any atom is 0.421 e. The largest absolute Gasteiger partial charge is 0.494 e. The lowest BCUT2D eigenvalue weighted by Crippen LogP contribution is -2.13. The molecule has 33 heavy (non-hydrogen) atoms. The Labute approximate surface area is 190 Å². The van der Waals surface area contributed by atoms with E-state index in [9.17, 15) is 13.2 Å². The third-order valence-electron chi connectivity index (χ3n) is 5.22. The van der Waals surface area contributed by atoms with Crippen LogP contribution in [-0.4, -0.2) is 22.7 Å². The Morgan fingerprint density at radius 3 is 2.42 bits per heavy atom. The average molecular weight is 458 g/mol. The molecule has 1 saturated carbocycles. The third-order valence-corrected chi connectivity index (χ3v) is 5.22. The smallest absolute Gasteiger partial charge is 0.421 e. The summed E-state index contributed by atoms with van der Waals surface area (Å²) in [6, 6.07) is 13.9. The molecule has 0 aliphatic heterocycles. The number of nitrogens with one attached hydrogen (secondary N) is 2. The third kappa shape index (κ3) is 6.06. The molecule has 1 aliphatic rings. The van der Waals surface area contributed by atoms with Gasteiger partial charge in [-0.1, -0.05) is 6.07 Å². The lowest BCUT2D eigenvalue weighted by atomic mass is 10.2. The summed E-state index contributed by atoms with van der Waals surface area (Å²) in [6.07, 6.45) is 0.536. The zero-order valence-electron chi connectivity index (χ0n) is 18.2. The van der Waals surface area contributed by atoms with Gasteiger partial charge in [-0.15, -0.1) is 0 Å². The number of hydrogen-bond donors (Lipinski definition) is 2. The fourth-order valence-electron chi connectivity index (χ4n) is 3.66. The van der Waals surface area contributed by atoms with Gasteiger partial charge in [0, 0.05) is 23.6 Å².